The smallest absolute Gasteiger partial charge is 0.229 e. The topological polar surface area (TPSA) is 28.9 Å². The van der Waals surface area contributed by atoms with Crippen molar-refractivity contribution >= 4 is 34.0 Å². The standard InChI is InChI=1S/C27H22N2O/c1-30-22-14-11-20(12-15-22)13-16-26-27-24(23-9-5-6-10-25(23)28-27)17-18-29(26)19-21-7-3-2-4-8-21/h2-18H,19H2,1H3/p+1/b16-13+. The third kappa shape index (κ3) is 3.46. The van der Waals surface area contributed by atoms with Gasteiger partial charge in [0.2, 0.25) is 5.69 Å². The Labute approximate surface area is 175 Å². The zero-order valence-electron chi connectivity index (χ0n) is 16.9. The zero-order valence-corrected chi connectivity index (χ0v) is 16.9. The van der Waals surface area contributed by atoms with Crippen LogP contribution in [-0.4, -0.2) is 12.1 Å². The summed E-state index contributed by atoms with van der Waals surface area (Å²) in [5.74, 6) is 0.865. The van der Waals surface area contributed by atoms with Gasteiger partial charge >= 0.3 is 0 Å². The normalized spacial score (nSPS) is 11.5. The van der Waals surface area contributed by atoms with E-state index in [4.69, 9.17) is 4.74 Å². The molecule has 2 heterocycles. The molecule has 0 amide bonds. The Bertz CT molecular complexity index is 1330. The molecular weight excluding hydrogens is 368 g/mol. The average Bonchev–Trinajstić information content (AvgIpc) is 3.18. The second-order valence-corrected chi connectivity index (χ2v) is 7.38. The summed E-state index contributed by atoms with van der Waals surface area (Å²) >= 11 is 0. The molecule has 0 radical (unpaired) electrons. The minimum atomic E-state index is 0.814. The lowest BCUT2D eigenvalue weighted by molar-refractivity contribution is -0.688. The first-order chi connectivity index (χ1) is 14.8. The van der Waals surface area contributed by atoms with Crippen LogP contribution in [0.1, 0.15) is 16.8 Å². The number of nitrogens with one attached hydrogen (secondary N) is 1. The second-order valence-electron chi connectivity index (χ2n) is 7.38. The molecule has 3 nitrogen and oxygen atoms in total. The van der Waals surface area contributed by atoms with Crippen molar-refractivity contribution in [2.45, 2.75) is 6.54 Å². The predicted molar refractivity (Wildman–Crippen MR) is 123 cm³/mol. The first-order valence-electron chi connectivity index (χ1n) is 10.1. The highest BCUT2D eigenvalue weighted by molar-refractivity contribution is 6.08. The molecule has 0 fully saturated rings. The molecule has 0 spiro atoms. The highest BCUT2D eigenvalue weighted by Gasteiger charge is 2.17. The summed E-state index contributed by atoms with van der Waals surface area (Å²) in [5, 5.41) is 2.49. The van der Waals surface area contributed by atoms with Crippen molar-refractivity contribution in [3.63, 3.8) is 0 Å². The van der Waals surface area contributed by atoms with Gasteiger partial charge in [0.25, 0.3) is 0 Å². The van der Waals surface area contributed by atoms with Crippen LogP contribution < -0.4 is 9.30 Å². The van der Waals surface area contributed by atoms with Gasteiger partial charge in [0.05, 0.1) is 7.11 Å². The van der Waals surface area contributed by atoms with Crippen molar-refractivity contribution in [3.8, 4) is 5.75 Å². The summed E-state index contributed by atoms with van der Waals surface area (Å²) in [5.41, 5.74) is 5.87. The molecule has 0 atom stereocenters. The van der Waals surface area contributed by atoms with Crippen LogP contribution in [0.4, 0.5) is 0 Å². The van der Waals surface area contributed by atoms with Gasteiger partial charge in [-0.15, -0.1) is 0 Å². The van der Waals surface area contributed by atoms with Gasteiger partial charge in [-0.1, -0.05) is 60.7 Å². The lowest BCUT2D eigenvalue weighted by atomic mass is 10.1. The third-order valence-corrected chi connectivity index (χ3v) is 5.48. The second kappa shape index (κ2) is 7.88. The van der Waals surface area contributed by atoms with E-state index in [0.717, 1.165) is 34.6 Å². The van der Waals surface area contributed by atoms with E-state index in [2.05, 4.69) is 101 Å². The summed E-state index contributed by atoms with van der Waals surface area (Å²) in [6.45, 7) is 0.814. The zero-order chi connectivity index (χ0) is 20.3. The first-order valence-corrected chi connectivity index (χ1v) is 10.1. The molecule has 3 heteroatoms. The lowest BCUT2D eigenvalue weighted by Gasteiger charge is -2.04. The summed E-state index contributed by atoms with van der Waals surface area (Å²) in [7, 11) is 1.69. The van der Waals surface area contributed by atoms with E-state index < -0.39 is 0 Å². The fraction of sp³-hybridized carbons (Fsp3) is 0.0741. The Morgan fingerprint density at radius 2 is 1.57 bits per heavy atom. The number of H-pyrrole nitrogens is 1. The Balaban J connectivity index is 1.64. The fourth-order valence-corrected chi connectivity index (χ4v) is 3.91. The van der Waals surface area contributed by atoms with Crippen molar-refractivity contribution < 1.29 is 9.30 Å². The molecular formula is C27H23N2O+. The van der Waals surface area contributed by atoms with Gasteiger partial charge in [-0.3, -0.25) is 0 Å². The van der Waals surface area contributed by atoms with Crippen LogP contribution in [-0.2, 0) is 6.54 Å². The Morgan fingerprint density at radius 1 is 0.800 bits per heavy atom. The number of para-hydroxylation sites is 1. The molecule has 1 N–H and O–H groups in total. The van der Waals surface area contributed by atoms with Crippen LogP contribution in [0.3, 0.4) is 0 Å². The van der Waals surface area contributed by atoms with Gasteiger partial charge in [-0.2, -0.15) is 4.57 Å². The van der Waals surface area contributed by atoms with Gasteiger partial charge in [-0.25, -0.2) is 0 Å². The number of aromatic amines is 1. The van der Waals surface area contributed by atoms with Crippen molar-refractivity contribution in [3.05, 3.63) is 108 Å². The van der Waals surface area contributed by atoms with Gasteiger partial charge in [0, 0.05) is 34.0 Å². The van der Waals surface area contributed by atoms with Crippen LogP contribution in [0.15, 0.2) is 91.1 Å². The van der Waals surface area contributed by atoms with Crippen molar-refractivity contribution in [1.82, 2.24) is 4.98 Å². The number of nitrogens with zero attached hydrogens (tertiary/aromatic N) is 1. The molecule has 3 aromatic carbocycles. The highest BCUT2D eigenvalue weighted by atomic mass is 16.5. The van der Waals surface area contributed by atoms with E-state index in [-0.39, 0.29) is 0 Å². The molecule has 0 aliphatic rings. The van der Waals surface area contributed by atoms with Crippen molar-refractivity contribution in [1.29, 1.82) is 0 Å². The number of pyridine rings is 1. The maximum atomic E-state index is 5.28. The van der Waals surface area contributed by atoms with Crippen LogP contribution in [0, 0.1) is 0 Å². The fourth-order valence-electron chi connectivity index (χ4n) is 3.91. The summed E-state index contributed by atoms with van der Waals surface area (Å²) in [6, 6.07) is 29.4. The number of ether oxygens (including phenoxy) is 1. The van der Waals surface area contributed by atoms with Gasteiger partial charge in [0.1, 0.15) is 11.3 Å². The van der Waals surface area contributed by atoms with Crippen LogP contribution in [0.2, 0.25) is 0 Å². The molecule has 30 heavy (non-hydrogen) atoms. The monoisotopic (exact) mass is 391 g/mol. The minimum absolute atomic E-state index is 0.814. The average molecular weight is 391 g/mol. The first kappa shape index (κ1) is 18.2. The largest absolute Gasteiger partial charge is 0.497 e. The maximum Gasteiger partial charge on any atom is 0.229 e. The molecule has 5 rings (SSSR count). The van der Waals surface area contributed by atoms with Crippen LogP contribution in [0.25, 0.3) is 34.0 Å². The van der Waals surface area contributed by atoms with E-state index >= 15 is 0 Å². The van der Waals surface area contributed by atoms with Gasteiger partial charge in [0.15, 0.2) is 12.7 Å². The van der Waals surface area contributed by atoms with E-state index in [0.29, 0.717) is 0 Å². The molecule has 0 saturated carbocycles. The summed E-state index contributed by atoms with van der Waals surface area (Å²) < 4.78 is 7.57. The van der Waals surface area contributed by atoms with Crippen molar-refractivity contribution in [2.24, 2.45) is 0 Å². The van der Waals surface area contributed by atoms with Gasteiger partial charge in [-0.05, 0) is 29.8 Å². The number of rotatable bonds is 5. The number of benzene rings is 3. The SMILES string of the molecule is COc1ccc(/C=C/c2c3[nH]c4ccccc4c3cc[n+]2Cc2ccccc2)cc1. The van der Waals surface area contributed by atoms with E-state index in [1.165, 1.54) is 16.3 Å². The Hall–Kier alpha value is -3.85. The predicted octanol–water partition coefficient (Wildman–Crippen LogP) is 5.84. The molecule has 0 aliphatic carbocycles. The third-order valence-electron chi connectivity index (χ3n) is 5.48. The molecule has 0 saturated heterocycles. The summed E-state index contributed by atoms with van der Waals surface area (Å²) in [4.78, 5) is 3.64. The summed E-state index contributed by atoms with van der Waals surface area (Å²) in [6.07, 6.45) is 6.53. The quantitative estimate of drug-likeness (QED) is 0.375. The number of hydrogen-bond donors (Lipinski definition) is 1. The number of fused-ring (bicyclic) bond motifs is 3. The van der Waals surface area contributed by atoms with Gasteiger partial charge < -0.3 is 9.72 Å². The van der Waals surface area contributed by atoms with E-state index in [9.17, 15) is 0 Å². The van der Waals surface area contributed by atoms with Crippen molar-refractivity contribution in [2.75, 3.05) is 7.11 Å². The lowest BCUT2D eigenvalue weighted by Crippen LogP contribution is -2.37. The molecule has 2 aromatic heterocycles. The number of methoxy groups -OCH3 is 1. The molecule has 0 bridgehead atoms. The number of hydrogen-bond acceptors (Lipinski definition) is 1. The van der Waals surface area contributed by atoms with Crippen LogP contribution >= 0.6 is 0 Å². The maximum absolute atomic E-state index is 5.28. The minimum Gasteiger partial charge on any atom is -0.497 e. The molecule has 0 aliphatic heterocycles. The van der Waals surface area contributed by atoms with E-state index in [1.807, 2.05) is 12.1 Å². The Kier molecular flexibility index (Phi) is 4.78. The number of aromatic nitrogens is 2. The van der Waals surface area contributed by atoms with Crippen LogP contribution in [0.5, 0.6) is 5.75 Å². The van der Waals surface area contributed by atoms with E-state index in [1.54, 1.807) is 7.11 Å². The highest BCUT2D eigenvalue weighted by Crippen LogP contribution is 2.27. The molecule has 5 aromatic rings. The molecule has 0 unspecified atom stereocenters. The molecule has 146 valence electrons. The Morgan fingerprint density at radius 3 is 2.37 bits per heavy atom.